The molecule has 1 fully saturated rings. The summed E-state index contributed by atoms with van der Waals surface area (Å²) in [5.41, 5.74) is -2.83. The van der Waals surface area contributed by atoms with Gasteiger partial charge in [0.25, 0.3) is 0 Å². The first-order valence-corrected chi connectivity index (χ1v) is 6.04. The van der Waals surface area contributed by atoms with Crippen molar-refractivity contribution in [3.05, 3.63) is 29.1 Å². The minimum Gasteiger partial charge on any atom is -0.491 e. The van der Waals surface area contributed by atoms with E-state index in [1.807, 2.05) is 0 Å². The van der Waals surface area contributed by atoms with Crippen LogP contribution in [0.5, 0.6) is 5.75 Å². The van der Waals surface area contributed by atoms with Gasteiger partial charge in [-0.1, -0.05) is 0 Å². The molecule has 0 aromatic heterocycles. The van der Waals surface area contributed by atoms with Crippen molar-refractivity contribution in [3.63, 3.8) is 0 Å². The van der Waals surface area contributed by atoms with Gasteiger partial charge in [-0.2, -0.15) is 13.2 Å². The minimum absolute atomic E-state index is 0.0517. The van der Waals surface area contributed by atoms with Crippen molar-refractivity contribution >= 4 is 0 Å². The summed E-state index contributed by atoms with van der Waals surface area (Å²) >= 11 is 0. The Hall–Kier alpha value is -1.30. The summed E-state index contributed by atoms with van der Waals surface area (Å²) in [5, 5.41) is 10.1. The Labute approximate surface area is 108 Å². The van der Waals surface area contributed by atoms with Gasteiger partial charge in [0.1, 0.15) is 0 Å². The second-order valence-electron chi connectivity index (χ2n) is 4.65. The van der Waals surface area contributed by atoms with Crippen LogP contribution in [0.4, 0.5) is 17.6 Å². The highest BCUT2D eigenvalue weighted by molar-refractivity contribution is 5.41. The van der Waals surface area contributed by atoms with Gasteiger partial charge in [0.15, 0.2) is 11.6 Å². The average Bonchev–Trinajstić information content (AvgIpc) is 2.27. The summed E-state index contributed by atoms with van der Waals surface area (Å²) < 4.78 is 57.3. The van der Waals surface area contributed by atoms with E-state index >= 15 is 0 Å². The predicted molar refractivity (Wildman–Crippen MR) is 60.3 cm³/mol. The topological polar surface area (TPSA) is 29.5 Å². The molecular formula is C13H14F4O2. The van der Waals surface area contributed by atoms with Crippen LogP contribution in [0, 0.1) is 5.82 Å². The van der Waals surface area contributed by atoms with E-state index in [-0.39, 0.29) is 25.0 Å². The monoisotopic (exact) mass is 278 g/mol. The summed E-state index contributed by atoms with van der Waals surface area (Å²) in [6.45, 7) is 1.60. The zero-order valence-electron chi connectivity index (χ0n) is 10.4. The molecule has 1 aliphatic carbocycles. The minimum atomic E-state index is -4.60. The van der Waals surface area contributed by atoms with Crippen LogP contribution in [-0.2, 0) is 11.8 Å². The number of hydrogen-bond donors (Lipinski definition) is 1. The zero-order valence-corrected chi connectivity index (χ0v) is 10.4. The highest BCUT2D eigenvalue weighted by Gasteiger charge is 2.42. The van der Waals surface area contributed by atoms with Crippen LogP contribution in [0.3, 0.4) is 0 Å². The van der Waals surface area contributed by atoms with Gasteiger partial charge in [-0.05, 0) is 38.3 Å². The molecule has 1 saturated carbocycles. The van der Waals surface area contributed by atoms with Crippen molar-refractivity contribution in [3.8, 4) is 5.75 Å². The maximum absolute atomic E-state index is 14.1. The fraction of sp³-hybridized carbons (Fsp3) is 0.538. The van der Waals surface area contributed by atoms with Crippen molar-refractivity contribution in [2.75, 3.05) is 6.61 Å². The van der Waals surface area contributed by atoms with Crippen LogP contribution in [-0.4, -0.2) is 11.7 Å². The van der Waals surface area contributed by atoms with Crippen LogP contribution in [0.15, 0.2) is 12.1 Å². The van der Waals surface area contributed by atoms with E-state index in [2.05, 4.69) is 0 Å². The smallest absolute Gasteiger partial charge is 0.416 e. The van der Waals surface area contributed by atoms with Gasteiger partial charge >= 0.3 is 6.18 Å². The third-order valence-corrected chi connectivity index (χ3v) is 3.35. The molecule has 0 radical (unpaired) electrons. The normalized spacial score (nSPS) is 18.0. The molecule has 19 heavy (non-hydrogen) atoms. The predicted octanol–water partition coefficient (Wildman–Crippen LogP) is 3.61. The van der Waals surface area contributed by atoms with Crippen molar-refractivity contribution in [2.45, 2.75) is 38.0 Å². The summed E-state index contributed by atoms with van der Waals surface area (Å²) in [7, 11) is 0. The molecule has 0 heterocycles. The molecule has 0 unspecified atom stereocenters. The molecule has 106 valence electrons. The number of rotatable bonds is 3. The summed E-state index contributed by atoms with van der Waals surface area (Å²) in [5.74, 6) is -1.37. The van der Waals surface area contributed by atoms with Crippen molar-refractivity contribution in [1.82, 2.24) is 0 Å². The number of benzene rings is 1. The molecule has 0 saturated heterocycles. The fourth-order valence-corrected chi connectivity index (χ4v) is 2.14. The second-order valence-corrected chi connectivity index (χ2v) is 4.65. The zero-order chi connectivity index (χ0) is 14.3. The van der Waals surface area contributed by atoms with Crippen LogP contribution in [0.1, 0.15) is 37.3 Å². The van der Waals surface area contributed by atoms with Gasteiger partial charge in [0, 0.05) is 5.56 Å². The molecule has 2 rings (SSSR count). The first kappa shape index (κ1) is 14.1. The summed E-state index contributed by atoms with van der Waals surface area (Å²) in [6.07, 6.45) is -3.42. The molecule has 0 amide bonds. The quantitative estimate of drug-likeness (QED) is 0.856. The first-order valence-electron chi connectivity index (χ1n) is 6.04. The maximum atomic E-state index is 14.1. The summed E-state index contributed by atoms with van der Waals surface area (Å²) in [6, 6.07) is 1.31. The Bertz CT molecular complexity index is 478. The highest BCUT2D eigenvalue weighted by Crippen LogP contribution is 2.45. The standard InChI is InChI=1S/C13H14F4O2/c1-2-19-10-7-8(13(15,16)17)6-9(11(10)14)12(18)4-3-5-12/h6-7,18H,2-5H2,1H3. The molecule has 0 spiro atoms. The van der Waals surface area contributed by atoms with Gasteiger partial charge in [0.05, 0.1) is 17.8 Å². The molecule has 2 nitrogen and oxygen atoms in total. The molecule has 0 aliphatic heterocycles. The molecule has 1 aromatic rings. The lowest BCUT2D eigenvalue weighted by Gasteiger charge is -2.37. The third kappa shape index (κ3) is 2.54. The van der Waals surface area contributed by atoms with Gasteiger partial charge in [0.2, 0.25) is 0 Å². The van der Waals surface area contributed by atoms with Crippen molar-refractivity contribution in [2.24, 2.45) is 0 Å². The summed E-state index contributed by atoms with van der Waals surface area (Å²) in [4.78, 5) is 0. The molecule has 6 heteroatoms. The van der Waals surface area contributed by atoms with Crippen LogP contribution < -0.4 is 4.74 Å². The number of hydrogen-bond acceptors (Lipinski definition) is 2. The van der Waals surface area contributed by atoms with Gasteiger partial charge < -0.3 is 9.84 Å². The Kier molecular flexibility index (Phi) is 3.47. The lowest BCUT2D eigenvalue weighted by Crippen LogP contribution is -2.35. The van der Waals surface area contributed by atoms with Crippen molar-refractivity contribution in [1.29, 1.82) is 0 Å². The molecule has 1 aliphatic rings. The largest absolute Gasteiger partial charge is 0.491 e. The first-order chi connectivity index (χ1) is 8.78. The number of ether oxygens (including phenoxy) is 1. The van der Waals surface area contributed by atoms with E-state index in [1.54, 1.807) is 6.92 Å². The van der Waals surface area contributed by atoms with E-state index in [4.69, 9.17) is 4.74 Å². The Morgan fingerprint density at radius 2 is 1.95 bits per heavy atom. The Balaban J connectivity index is 2.55. The van der Waals surface area contributed by atoms with Crippen LogP contribution >= 0.6 is 0 Å². The average molecular weight is 278 g/mol. The Morgan fingerprint density at radius 3 is 2.37 bits per heavy atom. The highest BCUT2D eigenvalue weighted by atomic mass is 19.4. The van der Waals surface area contributed by atoms with E-state index in [1.165, 1.54) is 0 Å². The Morgan fingerprint density at radius 1 is 1.32 bits per heavy atom. The SMILES string of the molecule is CCOc1cc(C(F)(F)F)cc(C2(O)CCC2)c1F. The molecule has 0 atom stereocenters. The van der Waals surface area contributed by atoms with Gasteiger partial charge in [-0.3, -0.25) is 0 Å². The lowest BCUT2D eigenvalue weighted by atomic mass is 9.74. The van der Waals surface area contributed by atoms with E-state index < -0.39 is 28.9 Å². The van der Waals surface area contributed by atoms with E-state index in [0.717, 1.165) is 0 Å². The maximum Gasteiger partial charge on any atom is 0.416 e. The number of alkyl halides is 3. The van der Waals surface area contributed by atoms with E-state index in [0.29, 0.717) is 18.6 Å². The van der Waals surface area contributed by atoms with Gasteiger partial charge in [-0.15, -0.1) is 0 Å². The molecule has 1 aromatic carbocycles. The molecule has 1 N–H and O–H groups in total. The van der Waals surface area contributed by atoms with Crippen LogP contribution in [0.25, 0.3) is 0 Å². The van der Waals surface area contributed by atoms with Crippen molar-refractivity contribution < 1.29 is 27.4 Å². The molecular weight excluding hydrogens is 264 g/mol. The van der Waals surface area contributed by atoms with Crippen LogP contribution in [0.2, 0.25) is 0 Å². The number of aliphatic hydroxyl groups is 1. The third-order valence-electron chi connectivity index (χ3n) is 3.35. The lowest BCUT2D eigenvalue weighted by molar-refractivity contribution is -0.138. The number of halogens is 4. The second kappa shape index (κ2) is 4.67. The van der Waals surface area contributed by atoms with Gasteiger partial charge in [-0.25, -0.2) is 4.39 Å². The van der Waals surface area contributed by atoms with E-state index in [9.17, 15) is 22.7 Å². The molecule has 0 bridgehead atoms. The fourth-order valence-electron chi connectivity index (χ4n) is 2.14.